The number of aromatic nitrogens is 2. The number of aromatic amines is 2. The van der Waals surface area contributed by atoms with Gasteiger partial charge in [0, 0.05) is 31.8 Å². The Morgan fingerprint density at radius 3 is 2.71 bits per heavy atom. The Bertz CT molecular complexity index is 635. The molecule has 1 fully saturated rings. The van der Waals surface area contributed by atoms with E-state index in [1.165, 1.54) is 12.0 Å². The highest BCUT2D eigenvalue weighted by Crippen LogP contribution is 2.21. The molecule has 0 radical (unpaired) electrons. The molecule has 9 nitrogen and oxygen atoms in total. The summed E-state index contributed by atoms with van der Waals surface area (Å²) in [5.41, 5.74) is -1.19. The van der Waals surface area contributed by atoms with Crippen molar-refractivity contribution in [2.45, 2.75) is 25.0 Å². The molecule has 0 spiro atoms. The lowest BCUT2D eigenvalue weighted by atomic mass is 10.2. The zero-order chi connectivity index (χ0) is 15.6. The average Bonchev–Trinajstić information content (AvgIpc) is 2.81. The number of methoxy groups -OCH3 is 1. The maximum Gasteiger partial charge on any atom is 0.326 e. The van der Waals surface area contributed by atoms with Crippen molar-refractivity contribution >= 4 is 11.9 Å². The van der Waals surface area contributed by atoms with Crippen LogP contribution in [0.1, 0.15) is 12.1 Å². The van der Waals surface area contributed by atoms with Crippen molar-refractivity contribution in [3.05, 3.63) is 32.6 Å². The Morgan fingerprint density at radius 1 is 1.43 bits per heavy atom. The van der Waals surface area contributed by atoms with E-state index in [4.69, 9.17) is 9.84 Å². The van der Waals surface area contributed by atoms with Crippen LogP contribution in [0.3, 0.4) is 0 Å². The second-order valence-corrected chi connectivity index (χ2v) is 4.78. The molecule has 1 saturated heterocycles. The van der Waals surface area contributed by atoms with Crippen molar-refractivity contribution in [3.63, 3.8) is 0 Å². The Morgan fingerprint density at radius 2 is 2.14 bits per heavy atom. The Labute approximate surface area is 118 Å². The van der Waals surface area contributed by atoms with Crippen molar-refractivity contribution < 1.29 is 19.4 Å². The largest absolute Gasteiger partial charge is 0.480 e. The van der Waals surface area contributed by atoms with E-state index in [9.17, 15) is 19.2 Å². The number of carbonyl (C=O) groups excluding carboxylic acids is 1. The van der Waals surface area contributed by atoms with Crippen LogP contribution in [0, 0.1) is 0 Å². The SMILES string of the molecule is COC1CC(C(=O)O)N(C(=O)Cc2cc(=O)[nH]c(=O)[nH]2)C1. The molecule has 1 amide bonds. The van der Waals surface area contributed by atoms with Gasteiger partial charge in [-0.15, -0.1) is 0 Å². The number of likely N-dealkylation sites (tertiary alicyclic amines) is 1. The molecule has 0 saturated carbocycles. The molecule has 2 unspecified atom stereocenters. The lowest BCUT2D eigenvalue weighted by Gasteiger charge is -2.21. The van der Waals surface area contributed by atoms with Crippen LogP contribution in [0.4, 0.5) is 0 Å². The van der Waals surface area contributed by atoms with Gasteiger partial charge in [0.15, 0.2) is 0 Å². The van der Waals surface area contributed by atoms with Gasteiger partial charge in [0.25, 0.3) is 5.56 Å². The predicted octanol–water partition coefficient (Wildman–Crippen LogP) is -1.69. The van der Waals surface area contributed by atoms with E-state index in [0.717, 1.165) is 6.07 Å². The Kier molecular flexibility index (Phi) is 4.22. The molecule has 1 aliphatic heterocycles. The van der Waals surface area contributed by atoms with Crippen molar-refractivity contribution in [2.24, 2.45) is 0 Å². The van der Waals surface area contributed by atoms with Crippen molar-refractivity contribution in [3.8, 4) is 0 Å². The standard InChI is InChI=1S/C12H15N3O6/c1-21-7-4-8(11(18)19)15(5-7)10(17)3-6-2-9(16)14-12(20)13-6/h2,7-8H,3-5H2,1H3,(H,18,19)(H2,13,14,16,20). The number of carboxylic acid groups (broad SMARTS) is 1. The molecular weight excluding hydrogens is 282 g/mol. The van der Waals surface area contributed by atoms with Crippen LogP contribution in [0.5, 0.6) is 0 Å². The van der Waals surface area contributed by atoms with Gasteiger partial charge in [-0.1, -0.05) is 0 Å². The Hall–Kier alpha value is -2.42. The van der Waals surface area contributed by atoms with Gasteiger partial charge >= 0.3 is 11.7 Å². The molecule has 2 atom stereocenters. The molecule has 21 heavy (non-hydrogen) atoms. The van der Waals surface area contributed by atoms with E-state index < -0.39 is 29.2 Å². The van der Waals surface area contributed by atoms with Gasteiger partial charge in [0.2, 0.25) is 5.91 Å². The summed E-state index contributed by atoms with van der Waals surface area (Å²) in [5.74, 6) is -1.59. The van der Waals surface area contributed by atoms with Gasteiger partial charge in [0.1, 0.15) is 6.04 Å². The van der Waals surface area contributed by atoms with Gasteiger partial charge in [0.05, 0.1) is 12.5 Å². The lowest BCUT2D eigenvalue weighted by Crippen LogP contribution is -2.41. The first-order chi connectivity index (χ1) is 9.90. The number of H-pyrrole nitrogens is 2. The number of carboxylic acids is 1. The number of carbonyl (C=O) groups is 2. The third kappa shape index (κ3) is 3.37. The normalized spacial score (nSPS) is 21.5. The molecule has 9 heteroatoms. The fourth-order valence-electron chi connectivity index (χ4n) is 2.36. The summed E-state index contributed by atoms with van der Waals surface area (Å²) in [6.07, 6.45) is -0.378. The first kappa shape index (κ1) is 15.0. The molecule has 2 rings (SSSR count). The smallest absolute Gasteiger partial charge is 0.326 e. The van der Waals surface area contributed by atoms with Crippen LogP contribution in [-0.4, -0.2) is 57.7 Å². The molecule has 1 aromatic rings. The highest BCUT2D eigenvalue weighted by Gasteiger charge is 2.39. The Balaban J connectivity index is 2.16. The third-order valence-electron chi connectivity index (χ3n) is 3.36. The molecule has 0 aliphatic carbocycles. The van der Waals surface area contributed by atoms with Crippen LogP contribution in [0.15, 0.2) is 15.7 Å². The van der Waals surface area contributed by atoms with Crippen molar-refractivity contribution in [2.75, 3.05) is 13.7 Å². The van der Waals surface area contributed by atoms with Crippen molar-refractivity contribution in [1.82, 2.24) is 14.9 Å². The summed E-state index contributed by atoms with van der Waals surface area (Å²) in [6, 6.07) is 0.134. The summed E-state index contributed by atoms with van der Waals surface area (Å²) in [6.45, 7) is 0.166. The molecule has 1 aromatic heterocycles. The van der Waals surface area contributed by atoms with Crippen LogP contribution < -0.4 is 11.2 Å². The second-order valence-electron chi connectivity index (χ2n) is 4.78. The summed E-state index contributed by atoms with van der Waals surface area (Å²) in [5, 5.41) is 9.14. The minimum absolute atomic E-state index is 0.138. The maximum atomic E-state index is 12.2. The second kappa shape index (κ2) is 5.92. The molecule has 2 heterocycles. The minimum atomic E-state index is -1.11. The number of hydrogen-bond donors (Lipinski definition) is 3. The molecule has 0 aromatic carbocycles. The number of nitrogens with zero attached hydrogens (tertiary/aromatic N) is 1. The van der Waals surface area contributed by atoms with Crippen LogP contribution in [-0.2, 0) is 20.7 Å². The van der Waals surface area contributed by atoms with Crippen LogP contribution in [0.2, 0.25) is 0 Å². The van der Waals surface area contributed by atoms with Crippen LogP contribution >= 0.6 is 0 Å². The quantitative estimate of drug-likeness (QED) is 0.607. The maximum absolute atomic E-state index is 12.2. The van der Waals surface area contributed by atoms with Gasteiger partial charge in [-0.3, -0.25) is 14.6 Å². The number of aliphatic carboxylic acids is 1. The first-order valence-corrected chi connectivity index (χ1v) is 6.28. The fourth-order valence-corrected chi connectivity index (χ4v) is 2.36. The lowest BCUT2D eigenvalue weighted by molar-refractivity contribution is -0.148. The number of hydrogen-bond acceptors (Lipinski definition) is 5. The summed E-state index contributed by atoms with van der Waals surface area (Å²) < 4.78 is 5.09. The predicted molar refractivity (Wildman–Crippen MR) is 69.9 cm³/mol. The zero-order valence-corrected chi connectivity index (χ0v) is 11.3. The summed E-state index contributed by atoms with van der Waals surface area (Å²) in [4.78, 5) is 51.2. The highest BCUT2D eigenvalue weighted by atomic mass is 16.5. The molecule has 0 bridgehead atoms. The van der Waals surface area contributed by atoms with Gasteiger partial charge in [-0.25, -0.2) is 9.59 Å². The van der Waals surface area contributed by atoms with E-state index >= 15 is 0 Å². The third-order valence-corrected chi connectivity index (χ3v) is 3.36. The zero-order valence-electron chi connectivity index (χ0n) is 11.3. The summed E-state index contributed by atoms with van der Waals surface area (Å²) >= 11 is 0. The van der Waals surface area contributed by atoms with Gasteiger partial charge in [-0.2, -0.15) is 0 Å². The number of amides is 1. The van der Waals surface area contributed by atoms with Crippen molar-refractivity contribution in [1.29, 1.82) is 0 Å². The molecule has 114 valence electrons. The number of ether oxygens (including phenoxy) is 1. The van der Waals surface area contributed by atoms with E-state index in [0.29, 0.717) is 0 Å². The average molecular weight is 297 g/mol. The minimum Gasteiger partial charge on any atom is -0.480 e. The number of rotatable bonds is 4. The fraction of sp³-hybridized carbons (Fsp3) is 0.500. The van der Waals surface area contributed by atoms with E-state index in [2.05, 4.69) is 4.98 Å². The molecular formula is C12H15N3O6. The summed E-state index contributed by atoms with van der Waals surface area (Å²) in [7, 11) is 1.45. The highest BCUT2D eigenvalue weighted by molar-refractivity contribution is 5.85. The molecule has 3 N–H and O–H groups in total. The van der Waals surface area contributed by atoms with E-state index in [1.54, 1.807) is 0 Å². The van der Waals surface area contributed by atoms with E-state index in [1.807, 2.05) is 4.98 Å². The monoisotopic (exact) mass is 297 g/mol. The first-order valence-electron chi connectivity index (χ1n) is 6.28. The van der Waals surface area contributed by atoms with Crippen LogP contribution in [0.25, 0.3) is 0 Å². The topological polar surface area (TPSA) is 133 Å². The van der Waals surface area contributed by atoms with E-state index in [-0.39, 0.29) is 31.2 Å². The number of nitrogens with one attached hydrogen (secondary N) is 2. The van der Waals surface area contributed by atoms with Gasteiger partial charge in [-0.05, 0) is 0 Å². The van der Waals surface area contributed by atoms with Gasteiger partial charge < -0.3 is 19.7 Å². The molecule has 1 aliphatic rings.